The molecule has 1 aliphatic heterocycles. The molecule has 0 aromatic carbocycles. The maximum atomic E-state index is 6.47. The standard InChI is InChI=1S/C5H16Cl3N6P3/c1-9-15(6)10-16(7,13(2)3)12-17(8,11-15)14(4)5/h9H,1-5H3/t16-,17-/m0/s1. The van der Waals surface area contributed by atoms with Crippen molar-refractivity contribution in [2.45, 2.75) is 0 Å². The van der Waals surface area contributed by atoms with Crippen LogP contribution in [0.5, 0.6) is 0 Å². The summed E-state index contributed by atoms with van der Waals surface area (Å²) in [6.45, 7) is -7.68. The van der Waals surface area contributed by atoms with E-state index in [4.69, 9.17) is 33.7 Å². The van der Waals surface area contributed by atoms with Crippen molar-refractivity contribution in [2.75, 3.05) is 35.2 Å². The average Bonchev–Trinajstić information content (AvgIpc) is 2.15. The Morgan fingerprint density at radius 2 is 1.24 bits per heavy atom. The molecule has 0 aliphatic carbocycles. The number of nitrogens with zero attached hydrogens (tertiary/aromatic N) is 5. The Labute approximate surface area is 117 Å². The summed E-state index contributed by atoms with van der Waals surface area (Å²) in [7, 11) is 8.95. The van der Waals surface area contributed by atoms with E-state index in [2.05, 4.69) is 18.6 Å². The van der Waals surface area contributed by atoms with Crippen molar-refractivity contribution in [2.24, 2.45) is 13.5 Å². The molecule has 0 radical (unpaired) electrons. The van der Waals surface area contributed by atoms with Crippen molar-refractivity contribution in [1.82, 2.24) is 14.4 Å². The van der Waals surface area contributed by atoms with Crippen LogP contribution in [0.1, 0.15) is 0 Å². The molecule has 0 aromatic rings. The molecule has 102 valence electrons. The summed E-state index contributed by atoms with van der Waals surface area (Å²) in [6, 6.07) is 0. The van der Waals surface area contributed by atoms with Gasteiger partial charge in [0.25, 0.3) is 0 Å². The zero-order valence-electron chi connectivity index (χ0n) is 10.2. The molecule has 0 unspecified atom stereocenters. The molecule has 0 spiro atoms. The van der Waals surface area contributed by atoms with Crippen LogP contribution in [0, 0.1) is 0 Å². The number of hydrogen-bond donors (Lipinski definition) is 1. The minimum Gasteiger partial charge on any atom is -0.256 e. The van der Waals surface area contributed by atoms with E-state index < -0.39 is 20.1 Å². The van der Waals surface area contributed by atoms with Crippen LogP contribution in [0.3, 0.4) is 0 Å². The van der Waals surface area contributed by atoms with Crippen LogP contribution < -0.4 is 5.09 Å². The minimum atomic E-state index is -2.57. The SMILES string of the molecule is CN[P@@]1(Cl)=N[P@](Cl)(N(C)C)=N[P@@](Cl)(N(C)C)=N1. The molecule has 1 heterocycles. The van der Waals surface area contributed by atoms with E-state index >= 15 is 0 Å². The molecule has 17 heavy (non-hydrogen) atoms. The number of nitrogens with one attached hydrogen (secondary N) is 1. The van der Waals surface area contributed by atoms with Gasteiger partial charge in [0.1, 0.15) is 0 Å². The molecule has 1 N–H and O–H groups in total. The molecule has 0 fully saturated rings. The summed E-state index contributed by atoms with van der Waals surface area (Å²) in [5.41, 5.74) is 0. The summed E-state index contributed by atoms with van der Waals surface area (Å²) >= 11 is 19.3. The quantitative estimate of drug-likeness (QED) is 0.729. The summed E-state index contributed by atoms with van der Waals surface area (Å²) in [4.78, 5) is 0. The Morgan fingerprint density at radius 1 is 0.824 bits per heavy atom. The van der Waals surface area contributed by atoms with Crippen LogP contribution in [-0.2, 0) is 0 Å². The smallest absolute Gasteiger partial charge is 0.238 e. The van der Waals surface area contributed by atoms with E-state index in [-0.39, 0.29) is 0 Å². The largest absolute Gasteiger partial charge is 0.256 e. The van der Waals surface area contributed by atoms with E-state index in [1.807, 2.05) is 28.2 Å². The average molecular weight is 360 g/mol. The molecule has 6 nitrogen and oxygen atoms in total. The van der Waals surface area contributed by atoms with E-state index in [0.29, 0.717) is 0 Å². The van der Waals surface area contributed by atoms with Gasteiger partial charge in [-0.15, -0.1) is 0 Å². The second-order valence-electron chi connectivity index (χ2n) is 3.70. The van der Waals surface area contributed by atoms with Gasteiger partial charge in [0.05, 0.1) is 0 Å². The Balaban J connectivity index is 3.60. The Morgan fingerprint density at radius 3 is 1.59 bits per heavy atom. The highest BCUT2D eigenvalue weighted by Crippen LogP contribution is 2.82. The van der Waals surface area contributed by atoms with E-state index in [1.54, 1.807) is 16.4 Å². The number of rotatable bonds is 3. The molecule has 3 atom stereocenters. The van der Waals surface area contributed by atoms with Crippen LogP contribution in [0.4, 0.5) is 0 Å². The Kier molecular flexibility index (Phi) is 5.28. The topological polar surface area (TPSA) is 55.6 Å². The van der Waals surface area contributed by atoms with Crippen molar-refractivity contribution in [3.63, 3.8) is 0 Å². The predicted molar refractivity (Wildman–Crippen MR) is 82.0 cm³/mol. The fraction of sp³-hybridized carbons (Fsp3) is 1.00. The third-order valence-corrected chi connectivity index (χ3v) is 16.1. The zero-order valence-corrected chi connectivity index (χ0v) is 15.2. The number of hydrogen-bond acceptors (Lipinski definition) is 6. The van der Waals surface area contributed by atoms with Gasteiger partial charge in [0, 0.05) is 0 Å². The van der Waals surface area contributed by atoms with Gasteiger partial charge in [0.15, 0.2) is 0 Å². The van der Waals surface area contributed by atoms with Gasteiger partial charge < -0.3 is 0 Å². The van der Waals surface area contributed by atoms with Crippen LogP contribution >= 0.6 is 53.8 Å². The van der Waals surface area contributed by atoms with E-state index in [1.165, 1.54) is 0 Å². The Bertz CT molecular complexity index is 458. The highest BCUT2D eigenvalue weighted by atomic mass is 35.7. The number of halogens is 3. The van der Waals surface area contributed by atoms with E-state index in [0.717, 1.165) is 0 Å². The lowest BCUT2D eigenvalue weighted by Crippen LogP contribution is -2.10. The maximum Gasteiger partial charge on any atom is 0.238 e. The highest BCUT2D eigenvalue weighted by molar-refractivity contribution is 8.07. The van der Waals surface area contributed by atoms with Crippen LogP contribution in [0.2, 0.25) is 0 Å². The molecule has 0 saturated heterocycles. The third kappa shape index (κ3) is 3.51. The summed E-state index contributed by atoms with van der Waals surface area (Å²) < 4.78 is 16.8. The molecular weight excluding hydrogens is 343 g/mol. The third-order valence-electron chi connectivity index (χ3n) is 1.99. The molecule has 1 aliphatic rings. The normalized spacial score (nSPS) is 42.0. The molecule has 0 bridgehead atoms. The van der Waals surface area contributed by atoms with Crippen molar-refractivity contribution in [3.05, 3.63) is 0 Å². The first kappa shape index (κ1) is 16.5. The van der Waals surface area contributed by atoms with Crippen molar-refractivity contribution in [3.8, 4) is 0 Å². The summed E-state index contributed by atoms with van der Waals surface area (Å²) in [5.74, 6) is 0. The Hall–Kier alpha value is 1.44. The summed E-state index contributed by atoms with van der Waals surface area (Å²) in [5, 5.41) is 2.92. The molecule has 1 rings (SSSR count). The first-order valence-corrected chi connectivity index (χ1v) is 12.3. The van der Waals surface area contributed by atoms with Crippen LogP contribution in [-0.4, -0.2) is 44.6 Å². The summed E-state index contributed by atoms with van der Waals surface area (Å²) in [6.07, 6.45) is 0. The van der Waals surface area contributed by atoms with Gasteiger partial charge in [-0.05, 0) is 69.0 Å². The lowest BCUT2D eigenvalue weighted by Gasteiger charge is -2.32. The maximum absolute atomic E-state index is 6.47. The molecule has 0 amide bonds. The fourth-order valence-electron chi connectivity index (χ4n) is 0.910. The van der Waals surface area contributed by atoms with Gasteiger partial charge in [-0.25, -0.2) is 9.34 Å². The first-order valence-electron chi connectivity index (χ1n) is 4.62. The fourth-order valence-corrected chi connectivity index (χ4v) is 15.2. The molecule has 12 heteroatoms. The zero-order chi connectivity index (χ0) is 13.5. The molecule has 0 aromatic heterocycles. The lowest BCUT2D eigenvalue weighted by atomic mass is 11.3. The van der Waals surface area contributed by atoms with Crippen molar-refractivity contribution in [1.29, 1.82) is 0 Å². The van der Waals surface area contributed by atoms with E-state index in [9.17, 15) is 0 Å². The van der Waals surface area contributed by atoms with Crippen molar-refractivity contribution < 1.29 is 0 Å². The van der Waals surface area contributed by atoms with Gasteiger partial charge in [-0.2, -0.15) is 13.5 Å². The van der Waals surface area contributed by atoms with Gasteiger partial charge in [-0.1, -0.05) is 0 Å². The van der Waals surface area contributed by atoms with Crippen LogP contribution in [0.15, 0.2) is 13.5 Å². The minimum absolute atomic E-state index is 1.70. The molecular formula is C5H16Cl3N6P3. The second kappa shape index (κ2) is 5.44. The lowest BCUT2D eigenvalue weighted by molar-refractivity contribution is 0.669. The second-order valence-corrected chi connectivity index (χ2v) is 15.1. The molecule has 0 saturated carbocycles. The monoisotopic (exact) mass is 358 g/mol. The van der Waals surface area contributed by atoms with Gasteiger partial charge >= 0.3 is 0 Å². The van der Waals surface area contributed by atoms with Gasteiger partial charge in [0.2, 0.25) is 20.1 Å². The highest BCUT2D eigenvalue weighted by Gasteiger charge is 2.36. The van der Waals surface area contributed by atoms with Crippen LogP contribution in [0.25, 0.3) is 0 Å². The van der Waals surface area contributed by atoms with Crippen molar-refractivity contribution >= 4 is 53.8 Å². The predicted octanol–water partition coefficient (Wildman–Crippen LogP) is 4.90. The first-order chi connectivity index (χ1) is 7.57. The van der Waals surface area contributed by atoms with Gasteiger partial charge in [-0.3, -0.25) is 5.09 Å².